The summed E-state index contributed by atoms with van der Waals surface area (Å²) in [7, 11) is 0. The van der Waals surface area contributed by atoms with Crippen LogP contribution in [0.3, 0.4) is 0 Å². The molecule has 0 aromatic heterocycles. The first-order valence-corrected chi connectivity index (χ1v) is 6.05. The summed E-state index contributed by atoms with van der Waals surface area (Å²) in [5, 5.41) is 3.40. The van der Waals surface area contributed by atoms with Crippen LogP contribution in [-0.2, 0) is 4.79 Å². The van der Waals surface area contributed by atoms with Gasteiger partial charge in [-0.15, -0.1) is 0 Å². The lowest BCUT2D eigenvalue weighted by Crippen LogP contribution is -2.43. The van der Waals surface area contributed by atoms with Gasteiger partial charge in [-0.3, -0.25) is 4.79 Å². The lowest BCUT2D eigenvalue weighted by Gasteiger charge is -2.25. The molecule has 1 aromatic rings. The number of thiocarbonyl (C=S) groups is 1. The lowest BCUT2D eigenvalue weighted by molar-refractivity contribution is -0.121. The van der Waals surface area contributed by atoms with Gasteiger partial charge in [-0.25, -0.2) is 0 Å². The van der Waals surface area contributed by atoms with E-state index in [0.717, 1.165) is 0 Å². The van der Waals surface area contributed by atoms with Crippen molar-refractivity contribution in [2.24, 2.45) is 11.1 Å². The highest BCUT2D eigenvalue weighted by molar-refractivity contribution is 7.80. The maximum atomic E-state index is 12.1. The molecule has 0 fully saturated rings. The van der Waals surface area contributed by atoms with Crippen LogP contribution in [-0.4, -0.2) is 10.9 Å². The highest BCUT2D eigenvalue weighted by Gasteiger charge is 2.34. The van der Waals surface area contributed by atoms with Gasteiger partial charge in [0.2, 0.25) is 5.91 Å². The number of hydrogen-bond acceptors (Lipinski definition) is 2. The molecule has 0 aliphatic rings. The third-order valence-electron chi connectivity index (χ3n) is 2.85. The number of halogens is 1. The van der Waals surface area contributed by atoms with E-state index in [-0.39, 0.29) is 10.9 Å². The number of carbonyl (C=O) groups is 1. The Kier molecular flexibility index (Phi) is 4.48. The summed E-state index contributed by atoms with van der Waals surface area (Å²) < 4.78 is 0. The standard InChI is InChI=1S/C12H15ClN2OS/c1-3-12(2,10(14)17)11(16)15-9-6-4-8(13)5-7-9/h4-7H,3H2,1-2H3,(H2,14,17)(H,15,16). The minimum absolute atomic E-state index is 0.199. The fraction of sp³-hybridized carbons (Fsp3) is 0.333. The van der Waals surface area contributed by atoms with E-state index in [0.29, 0.717) is 17.1 Å². The van der Waals surface area contributed by atoms with Crippen molar-refractivity contribution in [1.82, 2.24) is 0 Å². The Bertz CT molecular complexity index is 433. The number of nitrogens with one attached hydrogen (secondary N) is 1. The summed E-state index contributed by atoms with van der Waals surface area (Å²) in [4.78, 5) is 12.3. The Balaban J connectivity index is 2.85. The molecule has 0 bridgehead atoms. The Morgan fingerprint density at radius 1 is 1.47 bits per heavy atom. The number of carbonyl (C=O) groups excluding carboxylic acids is 1. The number of benzene rings is 1. The predicted octanol–water partition coefficient (Wildman–Crippen LogP) is 2.98. The molecular weight excluding hydrogens is 256 g/mol. The largest absolute Gasteiger partial charge is 0.392 e. The van der Waals surface area contributed by atoms with E-state index in [2.05, 4.69) is 5.32 Å². The monoisotopic (exact) mass is 270 g/mol. The molecule has 1 rings (SSSR count). The van der Waals surface area contributed by atoms with E-state index in [9.17, 15) is 4.79 Å². The van der Waals surface area contributed by atoms with Gasteiger partial charge in [0.1, 0.15) is 0 Å². The summed E-state index contributed by atoms with van der Waals surface area (Å²) in [6.45, 7) is 3.61. The molecule has 5 heteroatoms. The van der Waals surface area contributed by atoms with Crippen molar-refractivity contribution in [3.05, 3.63) is 29.3 Å². The molecule has 92 valence electrons. The zero-order valence-electron chi connectivity index (χ0n) is 9.79. The van der Waals surface area contributed by atoms with Crippen molar-refractivity contribution >= 4 is 40.4 Å². The molecule has 3 nitrogen and oxygen atoms in total. The third kappa shape index (κ3) is 3.17. The molecule has 1 amide bonds. The average molecular weight is 271 g/mol. The van der Waals surface area contributed by atoms with Crippen molar-refractivity contribution in [3.63, 3.8) is 0 Å². The van der Waals surface area contributed by atoms with Crippen LogP contribution in [0, 0.1) is 5.41 Å². The SMILES string of the molecule is CCC(C)(C(=O)Nc1ccc(Cl)cc1)C(N)=S. The molecule has 0 aliphatic heterocycles. The van der Waals surface area contributed by atoms with Crippen LogP contribution >= 0.6 is 23.8 Å². The first kappa shape index (κ1) is 13.9. The second-order valence-electron chi connectivity index (χ2n) is 4.01. The van der Waals surface area contributed by atoms with E-state index in [1.165, 1.54) is 0 Å². The summed E-state index contributed by atoms with van der Waals surface area (Å²) in [5.74, 6) is -0.199. The smallest absolute Gasteiger partial charge is 0.237 e. The third-order valence-corrected chi connectivity index (χ3v) is 3.56. The van der Waals surface area contributed by atoms with Crippen LogP contribution < -0.4 is 11.1 Å². The molecule has 0 saturated carbocycles. The van der Waals surface area contributed by atoms with Crippen LogP contribution in [0.15, 0.2) is 24.3 Å². The first-order chi connectivity index (χ1) is 7.90. The molecule has 1 unspecified atom stereocenters. The first-order valence-electron chi connectivity index (χ1n) is 5.27. The second-order valence-corrected chi connectivity index (χ2v) is 4.89. The molecule has 3 N–H and O–H groups in total. The summed E-state index contributed by atoms with van der Waals surface area (Å²) in [6, 6.07) is 6.88. The minimum atomic E-state index is -0.824. The van der Waals surface area contributed by atoms with E-state index in [1.54, 1.807) is 31.2 Å². The fourth-order valence-electron chi connectivity index (χ4n) is 1.25. The summed E-state index contributed by atoms with van der Waals surface area (Å²) in [6.07, 6.45) is 0.557. The Morgan fingerprint density at radius 2 is 2.00 bits per heavy atom. The van der Waals surface area contributed by atoms with Gasteiger partial charge in [-0.05, 0) is 37.6 Å². The number of nitrogens with two attached hydrogens (primary N) is 1. The summed E-state index contributed by atoms with van der Waals surface area (Å²) >= 11 is 10.7. The highest BCUT2D eigenvalue weighted by atomic mass is 35.5. The molecule has 0 saturated heterocycles. The van der Waals surface area contributed by atoms with E-state index < -0.39 is 5.41 Å². The van der Waals surface area contributed by atoms with Gasteiger partial charge in [0.25, 0.3) is 0 Å². The molecule has 0 aliphatic carbocycles. The van der Waals surface area contributed by atoms with Gasteiger partial charge in [0, 0.05) is 10.7 Å². The van der Waals surface area contributed by atoms with Crippen LogP contribution in [0.5, 0.6) is 0 Å². The van der Waals surface area contributed by atoms with Crippen LogP contribution in [0.4, 0.5) is 5.69 Å². The Morgan fingerprint density at radius 3 is 2.41 bits per heavy atom. The van der Waals surface area contributed by atoms with Gasteiger partial charge in [-0.1, -0.05) is 30.7 Å². The molecule has 1 aromatic carbocycles. The van der Waals surface area contributed by atoms with Crippen molar-refractivity contribution < 1.29 is 4.79 Å². The Hall–Kier alpha value is -1.13. The van der Waals surface area contributed by atoms with Crippen LogP contribution in [0.2, 0.25) is 5.02 Å². The molecular formula is C12H15ClN2OS. The molecule has 17 heavy (non-hydrogen) atoms. The van der Waals surface area contributed by atoms with E-state index >= 15 is 0 Å². The molecule has 0 radical (unpaired) electrons. The van der Waals surface area contributed by atoms with Crippen molar-refractivity contribution in [3.8, 4) is 0 Å². The fourth-order valence-corrected chi connectivity index (χ4v) is 1.61. The van der Waals surface area contributed by atoms with Crippen molar-refractivity contribution in [2.75, 3.05) is 5.32 Å². The zero-order chi connectivity index (χ0) is 13.1. The van der Waals surface area contributed by atoms with Gasteiger partial charge < -0.3 is 11.1 Å². The minimum Gasteiger partial charge on any atom is -0.392 e. The number of hydrogen-bond donors (Lipinski definition) is 2. The predicted molar refractivity (Wildman–Crippen MR) is 75.3 cm³/mol. The quantitative estimate of drug-likeness (QED) is 0.827. The lowest BCUT2D eigenvalue weighted by atomic mass is 9.86. The normalized spacial score (nSPS) is 13.8. The van der Waals surface area contributed by atoms with E-state index in [4.69, 9.17) is 29.6 Å². The average Bonchev–Trinajstić information content (AvgIpc) is 2.30. The van der Waals surface area contributed by atoms with Gasteiger partial charge >= 0.3 is 0 Å². The highest BCUT2D eigenvalue weighted by Crippen LogP contribution is 2.24. The summed E-state index contributed by atoms with van der Waals surface area (Å²) in [5.41, 5.74) is 5.46. The number of amides is 1. The van der Waals surface area contributed by atoms with Gasteiger partial charge in [-0.2, -0.15) is 0 Å². The van der Waals surface area contributed by atoms with Crippen LogP contribution in [0.25, 0.3) is 0 Å². The second kappa shape index (κ2) is 5.47. The Labute approximate surface area is 111 Å². The number of anilines is 1. The van der Waals surface area contributed by atoms with Crippen LogP contribution in [0.1, 0.15) is 20.3 Å². The zero-order valence-corrected chi connectivity index (χ0v) is 11.4. The molecule has 0 spiro atoms. The maximum Gasteiger partial charge on any atom is 0.237 e. The van der Waals surface area contributed by atoms with E-state index in [1.807, 2.05) is 6.92 Å². The topological polar surface area (TPSA) is 55.1 Å². The van der Waals surface area contributed by atoms with Crippen molar-refractivity contribution in [2.45, 2.75) is 20.3 Å². The number of rotatable bonds is 4. The maximum absolute atomic E-state index is 12.1. The van der Waals surface area contributed by atoms with Crippen molar-refractivity contribution in [1.29, 1.82) is 0 Å². The van der Waals surface area contributed by atoms with Gasteiger partial charge in [0.15, 0.2) is 0 Å². The molecule has 1 atom stereocenters. The van der Waals surface area contributed by atoms with Gasteiger partial charge in [0.05, 0.1) is 10.4 Å². The molecule has 0 heterocycles.